The first-order valence-corrected chi connectivity index (χ1v) is 9.85. The van der Waals surface area contributed by atoms with Gasteiger partial charge in [-0.1, -0.05) is 0 Å². The van der Waals surface area contributed by atoms with Crippen LogP contribution in [-0.4, -0.2) is 51.6 Å². The zero-order valence-corrected chi connectivity index (χ0v) is 12.6. The summed E-state index contributed by atoms with van der Waals surface area (Å²) in [7, 11) is -3.81. The molecule has 0 spiro atoms. The molecule has 7 heteroatoms. The van der Waals surface area contributed by atoms with Crippen molar-refractivity contribution in [2.75, 3.05) is 29.8 Å². The highest BCUT2D eigenvalue weighted by Crippen LogP contribution is 2.20. The van der Waals surface area contributed by atoms with Crippen LogP contribution in [0.15, 0.2) is 0 Å². The van der Waals surface area contributed by atoms with Gasteiger partial charge in [0.1, 0.15) is 0 Å². The average Bonchev–Trinajstić information content (AvgIpc) is 2.26. The molecule has 1 heterocycles. The molecule has 1 fully saturated rings. The first kappa shape index (κ1) is 15.2. The normalized spacial score (nSPS) is 19.1. The summed E-state index contributed by atoms with van der Waals surface area (Å²) in [6.07, 6.45) is 2.67. The van der Waals surface area contributed by atoms with Crippen LogP contribution in [0.25, 0.3) is 0 Å². The molecule has 1 rings (SSSR count). The number of likely N-dealkylation sites (tertiary alicyclic amines) is 1. The summed E-state index contributed by atoms with van der Waals surface area (Å²) in [5.41, 5.74) is 0. The molecule has 0 amide bonds. The Morgan fingerprint density at radius 2 is 2.00 bits per heavy atom. The first-order chi connectivity index (χ1) is 8.01. The molecule has 5 nitrogen and oxygen atoms in total. The van der Waals surface area contributed by atoms with E-state index in [4.69, 9.17) is 4.55 Å². The van der Waals surface area contributed by atoms with Gasteiger partial charge in [0, 0.05) is 4.43 Å². The Labute approximate surface area is 112 Å². The molecular weight excluding hydrogens is 357 g/mol. The van der Waals surface area contributed by atoms with Crippen molar-refractivity contribution in [3.63, 3.8) is 0 Å². The molecule has 1 aliphatic rings. The van der Waals surface area contributed by atoms with Crippen LogP contribution >= 0.6 is 20.7 Å². The molecule has 17 heavy (non-hydrogen) atoms. The van der Waals surface area contributed by atoms with E-state index < -0.39 is 10.1 Å². The summed E-state index contributed by atoms with van der Waals surface area (Å²) in [4.78, 5) is 12.4. The smallest absolute Gasteiger partial charge is 0.264 e. The lowest BCUT2D eigenvalue weighted by atomic mass is 9.99. The molecule has 0 aromatic carbocycles. The van der Waals surface area contributed by atoms with Gasteiger partial charge in [-0.2, -0.15) is 8.42 Å². The molecule has 0 aromatic heterocycles. The zero-order chi connectivity index (χ0) is 12.7. The maximum atomic E-state index is 10.5. The van der Waals surface area contributed by atoms with Crippen LogP contribution in [0.5, 0.6) is 0 Å². The molecule has 1 saturated heterocycles. The van der Waals surface area contributed by atoms with Gasteiger partial charge in [-0.3, -0.25) is 4.55 Å². The second kappa shape index (κ2) is 7.58. The predicted molar refractivity (Wildman–Crippen MR) is 74.8 cm³/mol. The summed E-state index contributed by atoms with van der Waals surface area (Å²) < 4.78 is 32.8. The van der Waals surface area contributed by atoms with Gasteiger partial charge in [0.25, 0.3) is 10.1 Å². The number of halogens is 1. The van der Waals surface area contributed by atoms with E-state index in [9.17, 15) is 13.2 Å². The minimum absolute atomic E-state index is 0.154. The van der Waals surface area contributed by atoms with Crippen molar-refractivity contribution in [2.45, 2.75) is 19.3 Å². The lowest BCUT2D eigenvalue weighted by Crippen LogP contribution is -2.35. The van der Waals surface area contributed by atoms with Crippen LogP contribution in [0, 0.1) is 5.92 Å². The van der Waals surface area contributed by atoms with Crippen LogP contribution in [-0.2, 0) is 14.9 Å². The van der Waals surface area contributed by atoms with E-state index in [0.29, 0.717) is 12.3 Å². The second-order valence-corrected chi connectivity index (χ2v) is 7.95. The molecule has 0 atom stereocenters. The Kier molecular flexibility index (Phi) is 6.79. The van der Waals surface area contributed by atoms with Crippen molar-refractivity contribution in [1.82, 2.24) is 4.90 Å². The first-order valence-electron chi connectivity index (χ1n) is 5.64. The van der Waals surface area contributed by atoms with E-state index in [2.05, 4.69) is 4.90 Å². The lowest BCUT2D eigenvalue weighted by Gasteiger charge is -2.31. The Bertz CT molecular complexity index is 370. The van der Waals surface area contributed by atoms with Crippen LogP contribution in [0.3, 0.4) is 0 Å². The molecule has 1 aliphatic heterocycles. The van der Waals surface area contributed by atoms with Gasteiger partial charge < -0.3 is 4.90 Å². The maximum Gasteiger partial charge on any atom is 0.264 e. The fourth-order valence-electron chi connectivity index (χ4n) is 1.98. The van der Waals surface area contributed by atoms with E-state index in [1.54, 1.807) is 0 Å². The van der Waals surface area contributed by atoms with Crippen molar-refractivity contribution >= 4 is 34.7 Å². The molecular formula is C10H18INO4S. The summed E-state index contributed by atoms with van der Waals surface area (Å²) >= 11 is -0.376. The number of rotatable bonds is 6. The van der Waals surface area contributed by atoms with Crippen molar-refractivity contribution in [3.05, 3.63) is 0 Å². The molecule has 0 radical (unpaired) electrons. The van der Waals surface area contributed by atoms with E-state index in [0.717, 1.165) is 36.9 Å². The fraction of sp³-hybridized carbons (Fsp3) is 0.900. The van der Waals surface area contributed by atoms with Crippen LogP contribution in [0.4, 0.5) is 0 Å². The number of piperidine rings is 1. The Morgan fingerprint density at radius 1 is 1.35 bits per heavy atom. The molecule has 1 N–H and O–H groups in total. The minimum Gasteiger partial charge on any atom is -0.303 e. The number of carbonyl (C=O) groups excluding carboxylic acids is 1. The fourth-order valence-corrected chi connectivity index (χ4v) is 4.15. The zero-order valence-electron chi connectivity index (χ0n) is 9.64. The SMILES string of the molecule is O=C=ICC1CCN(CCCS(=O)(=O)O)CC1. The Morgan fingerprint density at radius 3 is 2.53 bits per heavy atom. The van der Waals surface area contributed by atoms with Gasteiger partial charge in [0.15, 0.2) is 3.88 Å². The molecule has 0 bridgehead atoms. The van der Waals surface area contributed by atoms with Crippen molar-refractivity contribution < 1.29 is 17.8 Å². The van der Waals surface area contributed by atoms with Gasteiger partial charge in [0.05, 0.1) is 5.75 Å². The lowest BCUT2D eigenvalue weighted by molar-refractivity contribution is 0.196. The summed E-state index contributed by atoms with van der Waals surface area (Å²) in [6, 6.07) is 0. The van der Waals surface area contributed by atoms with Crippen LogP contribution in [0.1, 0.15) is 19.3 Å². The van der Waals surface area contributed by atoms with Gasteiger partial charge in [-0.25, -0.2) is 4.79 Å². The van der Waals surface area contributed by atoms with Gasteiger partial charge >= 0.3 is 0 Å². The monoisotopic (exact) mass is 375 g/mol. The number of alkyl halides is 1. The summed E-state index contributed by atoms with van der Waals surface area (Å²) in [5, 5.41) is 0. The number of hydrogen-bond acceptors (Lipinski definition) is 4. The molecule has 0 unspecified atom stereocenters. The van der Waals surface area contributed by atoms with Gasteiger partial charge in [-0.15, -0.1) is 0 Å². The van der Waals surface area contributed by atoms with Gasteiger partial charge in [-0.05, 0) is 65.5 Å². The molecule has 0 aliphatic carbocycles. The number of hydrogen-bond donors (Lipinski definition) is 1. The average molecular weight is 375 g/mol. The Balaban J connectivity index is 2.17. The highest BCUT2D eigenvalue weighted by atomic mass is 127. The highest BCUT2D eigenvalue weighted by molar-refractivity contribution is 14.2. The maximum absolute atomic E-state index is 10.5. The third-order valence-corrected chi connectivity index (χ3v) is 5.74. The van der Waals surface area contributed by atoms with E-state index >= 15 is 0 Å². The second-order valence-electron chi connectivity index (χ2n) is 4.29. The van der Waals surface area contributed by atoms with Crippen molar-refractivity contribution in [1.29, 1.82) is 0 Å². The van der Waals surface area contributed by atoms with Crippen LogP contribution in [0.2, 0.25) is 0 Å². The molecule has 0 aromatic rings. The predicted octanol–water partition coefficient (Wildman–Crippen LogP) is 1.01. The molecule has 100 valence electrons. The topological polar surface area (TPSA) is 74.7 Å². The molecule has 0 saturated carbocycles. The van der Waals surface area contributed by atoms with Crippen LogP contribution < -0.4 is 0 Å². The largest absolute Gasteiger partial charge is 0.303 e. The van der Waals surface area contributed by atoms with Crippen molar-refractivity contribution in [2.24, 2.45) is 5.92 Å². The standard InChI is InChI=1S/C10H18INO4S/c13-9-11-8-10-2-5-12(6-3-10)4-1-7-17(14,15)16/h10H,1-8H2,(H,14,15,16). The quantitative estimate of drug-likeness (QED) is 0.426. The third-order valence-electron chi connectivity index (χ3n) is 2.93. The van der Waals surface area contributed by atoms with Crippen molar-refractivity contribution in [3.8, 4) is 0 Å². The summed E-state index contributed by atoms with van der Waals surface area (Å²) in [6.45, 7) is 2.67. The van der Waals surface area contributed by atoms with Gasteiger partial charge in [0.2, 0.25) is 0 Å². The summed E-state index contributed by atoms with van der Waals surface area (Å²) in [5.74, 6) is 0.500. The number of nitrogens with zero attached hydrogens (tertiary/aromatic N) is 1. The Hall–Kier alpha value is 0.180. The minimum atomic E-state index is -3.81. The third kappa shape index (κ3) is 7.25. The highest BCUT2D eigenvalue weighted by Gasteiger charge is 2.18. The van der Waals surface area contributed by atoms with E-state index in [-0.39, 0.29) is 26.5 Å². The van der Waals surface area contributed by atoms with E-state index in [1.807, 2.05) is 3.88 Å². The van der Waals surface area contributed by atoms with E-state index in [1.165, 1.54) is 0 Å².